The third kappa shape index (κ3) is 6.47. The van der Waals surface area contributed by atoms with Crippen LogP contribution in [0.1, 0.15) is 38.8 Å². The summed E-state index contributed by atoms with van der Waals surface area (Å²) in [5.74, 6) is 7.27. The molecule has 2 aromatic carbocycles. The molecule has 32 heavy (non-hydrogen) atoms. The SMILES string of the molecule is CC(C)N(/C=N/c1ncc(C#Cc2ccc(Cl)cc2)c(Nc2ccc(O)cc2)n1)C(C)C. The van der Waals surface area contributed by atoms with E-state index in [-0.39, 0.29) is 5.75 Å². The molecule has 0 bridgehead atoms. The van der Waals surface area contributed by atoms with E-state index < -0.39 is 0 Å². The molecule has 0 atom stereocenters. The second-order valence-corrected chi connectivity index (χ2v) is 8.18. The van der Waals surface area contributed by atoms with Gasteiger partial charge < -0.3 is 15.3 Å². The number of benzene rings is 2. The molecule has 2 N–H and O–H groups in total. The fourth-order valence-electron chi connectivity index (χ4n) is 2.96. The normalized spacial score (nSPS) is 11.0. The predicted molar refractivity (Wildman–Crippen MR) is 131 cm³/mol. The molecule has 6 nitrogen and oxygen atoms in total. The van der Waals surface area contributed by atoms with Crippen molar-refractivity contribution in [3.8, 4) is 17.6 Å². The molecule has 1 aromatic heterocycles. The van der Waals surface area contributed by atoms with Crippen LogP contribution in [0.25, 0.3) is 0 Å². The average Bonchev–Trinajstić information content (AvgIpc) is 2.75. The molecule has 0 aliphatic rings. The third-order valence-corrected chi connectivity index (χ3v) is 4.84. The Bertz CT molecular complexity index is 1120. The molecule has 0 spiro atoms. The molecule has 1 heterocycles. The van der Waals surface area contributed by atoms with Crippen molar-refractivity contribution in [3.63, 3.8) is 0 Å². The maximum atomic E-state index is 9.55. The van der Waals surface area contributed by atoms with Gasteiger partial charge >= 0.3 is 0 Å². The average molecular weight is 448 g/mol. The first-order valence-electron chi connectivity index (χ1n) is 10.3. The molecule has 0 aliphatic heterocycles. The van der Waals surface area contributed by atoms with Crippen LogP contribution in [0, 0.1) is 11.8 Å². The highest BCUT2D eigenvalue weighted by atomic mass is 35.5. The van der Waals surface area contributed by atoms with Crippen LogP contribution in [-0.2, 0) is 0 Å². The Morgan fingerprint density at radius 1 is 1.00 bits per heavy atom. The molecule has 3 aromatic rings. The fourth-order valence-corrected chi connectivity index (χ4v) is 3.08. The summed E-state index contributed by atoms with van der Waals surface area (Å²) in [6.07, 6.45) is 3.43. The first-order valence-corrected chi connectivity index (χ1v) is 10.7. The summed E-state index contributed by atoms with van der Waals surface area (Å²) in [5.41, 5.74) is 2.21. The van der Waals surface area contributed by atoms with Crippen molar-refractivity contribution in [2.45, 2.75) is 39.8 Å². The molecule has 0 radical (unpaired) electrons. The summed E-state index contributed by atoms with van der Waals surface area (Å²) in [4.78, 5) is 15.5. The number of hydrogen-bond donors (Lipinski definition) is 2. The minimum atomic E-state index is 0.189. The minimum absolute atomic E-state index is 0.189. The summed E-state index contributed by atoms with van der Waals surface area (Å²) >= 11 is 5.95. The number of aromatic nitrogens is 2. The van der Waals surface area contributed by atoms with Gasteiger partial charge in [-0.1, -0.05) is 23.4 Å². The van der Waals surface area contributed by atoms with E-state index >= 15 is 0 Å². The number of hydrogen-bond acceptors (Lipinski definition) is 5. The van der Waals surface area contributed by atoms with Crippen molar-refractivity contribution in [2.24, 2.45) is 4.99 Å². The van der Waals surface area contributed by atoms with Gasteiger partial charge in [0.05, 0.1) is 18.1 Å². The Hall–Kier alpha value is -3.56. The number of phenolic OH excluding ortho intramolecular Hbond substituents is 1. The lowest BCUT2D eigenvalue weighted by Crippen LogP contribution is -2.35. The first kappa shape index (κ1) is 23.1. The maximum Gasteiger partial charge on any atom is 0.252 e. The van der Waals surface area contributed by atoms with Crippen LogP contribution in [0.4, 0.5) is 17.5 Å². The number of aromatic hydroxyl groups is 1. The van der Waals surface area contributed by atoms with Gasteiger partial charge in [0.2, 0.25) is 0 Å². The Morgan fingerprint density at radius 2 is 1.66 bits per heavy atom. The number of phenols is 1. The summed E-state index contributed by atoms with van der Waals surface area (Å²) in [7, 11) is 0. The summed E-state index contributed by atoms with van der Waals surface area (Å²) in [5, 5.41) is 13.5. The van der Waals surface area contributed by atoms with Gasteiger partial charge in [0.15, 0.2) is 5.82 Å². The van der Waals surface area contributed by atoms with Crippen LogP contribution in [0.5, 0.6) is 5.75 Å². The lowest BCUT2D eigenvalue weighted by atomic mass is 10.2. The second kappa shape index (κ2) is 10.7. The number of nitrogens with one attached hydrogen (secondary N) is 1. The van der Waals surface area contributed by atoms with E-state index in [9.17, 15) is 5.11 Å². The van der Waals surface area contributed by atoms with Crippen molar-refractivity contribution in [2.75, 3.05) is 5.32 Å². The van der Waals surface area contributed by atoms with Crippen molar-refractivity contribution < 1.29 is 5.11 Å². The van der Waals surface area contributed by atoms with Crippen LogP contribution in [0.15, 0.2) is 59.7 Å². The van der Waals surface area contributed by atoms with Crippen LogP contribution >= 0.6 is 11.6 Å². The number of aliphatic imine (C=N–C) groups is 1. The number of halogens is 1. The first-order chi connectivity index (χ1) is 15.3. The van der Waals surface area contributed by atoms with Crippen LogP contribution in [0.3, 0.4) is 0 Å². The van der Waals surface area contributed by atoms with Crippen LogP contribution < -0.4 is 5.32 Å². The van der Waals surface area contributed by atoms with Crippen molar-refractivity contribution in [1.82, 2.24) is 14.9 Å². The zero-order valence-electron chi connectivity index (χ0n) is 18.5. The van der Waals surface area contributed by atoms with Gasteiger partial charge in [0.1, 0.15) is 5.75 Å². The molecule has 0 amide bonds. The lowest BCUT2D eigenvalue weighted by molar-refractivity contribution is 0.301. The fraction of sp³-hybridized carbons (Fsp3) is 0.240. The quantitative estimate of drug-likeness (QED) is 0.217. The molecular formula is C25H26ClN5O. The summed E-state index contributed by atoms with van der Waals surface area (Å²) < 4.78 is 0. The largest absolute Gasteiger partial charge is 0.508 e. The van der Waals surface area contributed by atoms with Gasteiger partial charge in [0.25, 0.3) is 5.95 Å². The van der Waals surface area contributed by atoms with Crippen LogP contribution in [0.2, 0.25) is 5.02 Å². The molecule has 3 rings (SSSR count). The molecule has 0 saturated heterocycles. The summed E-state index contributed by atoms with van der Waals surface area (Å²) in [6.45, 7) is 8.44. The Kier molecular flexibility index (Phi) is 7.69. The van der Waals surface area contributed by atoms with Gasteiger partial charge in [0, 0.05) is 28.4 Å². The standard InChI is InChI=1S/C25H26ClN5O/c1-17(2)31(18(3)4)16-28-25-27-15-20(8-5-19-6-9-21(26)10-7-19)24(30-25)29-22-11-13-23(32)14-12-22/h6-7,9-18,32H,1-4H3,(H,27,29,30)/b28-16+. The smallest absolute Gasteiger partial charge is 0.252 e. The molecule has 7 heteroatoms. The van der Waals surface area contributed by atoms with Gasteiger partial charge in [-0.2, -0.15) is 4.98 Å². The molecule has 0 saturated carbocycles. The van der Waals surface area contributed by atoms with Gasteiger partial charge in [-0.05, 0) is 76.2 Å². The monoisotopic (exact) mass is 447 g/mol. The van der Waals surface area contributed by atoms with Crippen molar-refractivity contribution in [1.29, 1.82) is 0 Å². The van der Waals surface area contributed by atoms with Crippen molar-refractivity contribution >= 4 is 35.4 Å². The second-order valence-electron chi connectivity index (χ2n) is 7.74. The zero-order valence-corrected chi connectivity index (χ0v) is 19.3. The van der Waals surface area contributed by atoms with E-state index in [0.717, 1.165) is 11.3 Å². The predicted octanol–water partition coefficient (Wildman–Crippen LogP) is 5.76. The molecular weight excluding hydrogens is 422 g/mol. The van der Waals surface area contributed by atoms with E-state index in [2.05, 4.69) is 64.7 Å². The van der Waals surface area contributed by atoms with E-state index in [4.69, 9.17) is 11.6 Å². The van der Waals surface area contributed by atoms with Gasteiger partial charge in [-0.25, -0.2) is 9.98 Å². The maximum absolute atomic E-state index is 9.55. The molecule has 0 unspecified atom stereocenters. The number of anilines is 2. The Balaban J connectivity index is 1.95. The van der Waals surface area contributed by atoms with E-state index in [1.807, 2.05) is 12.1 Å². The number of nitrogens with zero attached hydrogens (tertiary/aromatic N) is 4. The molecule has 164 valence electrons. The van der Waals surface area contributed by atoms with Crippen LogP contribution in [-0.4, -0.2) is 38.4 Å². The van der Waals surface area contributed by atoms with E-state index in [0.29, 0.717) is 34.4 Å². The highest BCUT2D eigenvalue weighted by molar-refractivity contribution is 6.30. The molecule has 0 fully saturated rings. The van der Waals surface area contributed by atoms with Gasteiger partial charge in [-0.15, -0.1) is 0 Å². The highest BCUT2D eigenvalue weighted by Crippen LogP contribution is 2.22. The highest BCUT2D eigenvalue weighted by Gasteiger charge is 2.10. The minimum Gasteiger partial charge on any atom is -0.508 e. The van der Waals surface area contributed by atoms with Crippen molar-refractivity contribution in [3.05, 3.63) is 70.9 Å². The Morgan fingerprint density at radius 3 is 2.28 bits per heavy atom. The van der Waals surface area contributed by atoms with E-state index in [1.54, 1.807) is 48.9 Å². The number of rotatable bonds is 6. The Labute approximate surface area is 194 Å². The molecule has 0 aliphatic carbocycles. The zero-order chi connectivity index (χ0) is 23.1. The van der Waals surface area contributed by atoms with E-state index in [1.165, 1.54) is 0 Å². The third-order valence-electron chi connectivity index (χ3n) is 4.59. The van der Waals surface area contributed by atoms with Gasteiger partial charge in [-0.3, -0.25) is 0 Å². The summed E-state index contributed by atoms with van der Waals surface area (Å²) in [6, 6.07) is 14.6. The topological polar surface area (TPSA) is 73.6 Å². The lowest BCUT2D eigenvalue weighted by Gasteiger charge is -2.27.